The van der Waals surface area contributed by atoms with E-state index in [1.165, 1.54) is 31.2 Å². The van der Waals surface area contributed by atoms with E-state index in [2.05, 4.69) is 43.3 Å². The summed E-state index contributed by atoms with van der Waals surface area (Å²) in [6.07, 6.45) is 7.62. The van der Waals surface area contributed by atoms with Gasteiger partial charge in [0.25, 0.3) is 0 Å². The van der Waals surface area contributed by atoms with Crippen LogP contribution >= 0.6 is 0 Å². The lowest BCUT2D eigenvalue weighted by molar-refractivity contribution is 0.791. The first-order valence-electron chi connectivity index (χ1n) is 5.65. The van der Waals surface area contributed by atoms with Crippen LogP contribution in [0.1, 0.15) is 44.1 Å². The molecule has 0 saturated heterocycles. The van der Waals surface area contributed by atoms with Crippen LogP contribution in [0, 0.1) is 0 Å². The van der Waals surface area contributed by atoms with Crippen LogP contribution in [-0.4, -0.2) is 0 Å². The normalized spacial score (nSPS) is 24.4. The summed E-state index contributed by atoms with van der Waals surface area (Å²) in [6.45, 7) is 2.23. The van der Waals surface area contributed by atoms with E-state index in [-0.39, 0.29) is 0 Å². The van der Waals surface area contributed by atoms with E-state index < -0.39 is 0 Å². The minimum atomic E-state index is 0.719. The molecule has 0 N–H and O–H groups in total. The standard InChI is InChI=1S/C14H18/c1-2-7-12-10-6-11-14(12)13-8-4-3-5-9-13/h3-5,7-9,14H,2,6,10-11H2,1H3/b12-7+. The van der Waals surface area contributed by atoms with Crippen molar-refractivity contribution in [1.29, 1.82) is 0 Å². The minimum absolute atomic E-state index is 0.719. The molecule has 0 bridgehead atoms. The number of hydrogen-bond donors (Lipinski definition) is 0. The van der Waals surface area contributed by atoms with Gasteiger partial charge >= 0.3 is 0 Å². The van der Waals surface area contributed by atoms with E-state index in [0.717, 1.165) is 5.92 Å². The van der Waals surface area contributed by atoms with E-state index >= 15 is 0 Å². The number of rotatable bonds is 2. The van der Waals surface area contributed by atoms with Crippen molar-refractivity contribution in [3.05, 3.63) is 47.5 Å². The van der Waals surface area contributed by atoms with Crippen LogP contribution in [0.25, 0.3) is 0 Å². The summed E-state index contributed by atoms with van der Waals surface area (Å²) in [5.74, 6) is 0.719. The van der Waals surface area contributed by atoms with Gasteiger partial charge < -0.3 is 0 Å². The fourth-order valence-corrected chi connectivity index (χ4v) is 2.44. The third kappa shape index (κ3) is 1.89. The number of allylic oxidation sites excluding steroid dienone is 2. The third-order valence-corrected chi connectivity index (χ3v) is 3.07. The van der Waals surface area contributed by atoms with Crippen molar-refractivity contribution in [2.24, 2.45) is 0 Å². The summed E-state index contributed by atoms with van der Waals surface area (Å²) in [5.41, 5.74) is 3.17. The van der Waals surface area contributed by atoms with E-state index in [4.69, 9.17) is 0 Å². The molecular formula is C14H18. The van der Waals surface area contributed by atoms with Crippen LogP contribution in [0.15, 0.2) is 42.0 Å². The molecule has 0 nitrogen and oxygen atoms in total. The highest BCUT2D eigenvalue weighted by Gasteiger charge is 2.21. The predicted molar refractivity (Wildman–Crippen MR) is 61.4 cm³/mol. The monoisotopic (exact) mass is 186 g/mol. The molecule has 0 radical (unpaired) electrons. The summed E-state index contributed by atoms with van der Waals surface area (Å²) >= 11 is 0. The van der Waals surface area contributed by atoms with Crippen LogP contribution < -0.4 is 0 Å². The lowest BCUT2D eigenvalue weighted by Gasteiger charge is -2.12. The molecule has 2 rings (SSSR count). The van der Waals surface area contributed by atoms with Gasteiger partial charge in [-0.25, -0.2) is 0 Å². The molecule has 1 unspecified atom stereocenters. The second kappa shape index (κ2) is 4.45. The van der Waals surface area contributed by atoms with Gasteiger partial charge in [-0.1, -0.05) is 48.9 Å². The topological polar surface area (TPSA) is 0 Å². The second-order valence-electron chi connectivity index (χ2n) is 4.04. The first-order valence-corrected chi connectivity index (χ1v) is 5.65. The maximum Gasteiger partial charge on any atom is 0.00482 e. The first-order chi connectivity index (χ1) is 6.92. The molecule has 0 aromatic heterocycles. The van der Waals surface area contributed by atoms with Gasteiger partial charge in [0.05, 0.1) is 0 Å². The van der Waals surface area contributed by atoms with Crippen molar-refractivity contribution in [3.8, 4) is 0 Å². The van der Waals surface area contributed by atoms with Gasteiger partial charge in [0.15, 0.2) is 0 Å². The molecule has 14 heavy (non-hydrogen) atoms. The van der Waals surface area contributed by atoms with E-state index in [0.29, 0.717) is 0 Å². The lowest BCUT2D eigenvalue weighted by Crippen LogP contribution is -1.94. The highest BCUT2D eigenvalue weighted by Crippen LogP contribution is 2.38. The zero-order valence-corrected chi connectivity index (χ0v) is 8.87. The van der Waals surface area contributed by atoms with Crippen LogP contribution in [-0.2, 0) is 0 Å². The quantitative estimate of drug-likeness (QED) is 0.604. The smallest absolute Gasteiger partial charge is 0.00482 e. The van der Waals surface area contributed by atoms with Gasteiger partial charge in [0, 0.05) is 5.92 Å². The molecule has 1 aromatic rings. The first kappa shape index (κ1) is 9.51. The van der Waals surface area contributed by atoms with E-state index in [1.54, 1.807) is 5.57 Å². The fourth-order valence-electron chi connectivity index (χ4n) is 2.44. The Hall–Kier alpha value is -1.04. The van der Waals surface area contributed by atoms with Crippen molar-refractivity contribution in [1.82, 2.24) is 0 Å². The van der Waals surface area contributed by atoms with Crippen molar-refractivity contribution in [2.75, 3.05) is 0 Å². The predicted octanol–water partition coefficient (Wildman–Crippen LogP) is 4.29. The van der Waals surface area contributed by atoms with Crippen LogP contribution in [0.4, 0.5) is 0 Å². The van der Waals surface area contributed by atoms with Crippen molar-refractivity contribution >= 4 is 0 Å². The van der Waals surface area contributed by atoms with Crippen LogP contribution in [0.5, 0.6) is 0 Å². The van der Waals surface area contributed by atoms with Crippen LogP contribution in [0.2, 0.25) is 0 Å². The molecule has 0 spiro atoms. The molecule has 1 fully saturated rings. The third-order valence-electron chi connectivity index (χ3n) is 3.07. The summed E-state index contributed by atoms with van der Waals surface area (Å²) in [4.78, 5) is 0. The Balaban J connectivity index is 2.22. The summed E-state index contributed by atoms with van der Waals surface area (Å²) in [6, 6.07) is 10.9. The van der Waals surface area contributed by atoms with E-state index in [1.807, 2.05) is 0 Å². The molecule has 74 valence electrons. The average molecular weight is 186 g/mol. The number of benzene rings is 1. The molecule has 0 amide bonds. The molecule has 1 aromatic carbocycles. The maximum atomic E-state index is 2.42. The number of hydrogen-bond acceptors (Lipinski definition) is 0. The minimum Gasteiger partial charge on any atom is -0.0850 e. The van der Waals surface area contributed by atoms with Gasteiger partial charge in [0.1, 0.15) is 0 Å². The SMILES string of the molecule is CC/C=C1\CCCC1c1ccccc1. The molecule has 0 heterocycles. The fraction of sp³-hybridized carbons (Fsp3) is 0.429. The maximum absolute atomic E-state index is 2.42. The van der Waals surface area contributed by atoms with Crippen molar-refractivity contribution < 1.29 is 0 Å². The Morgan fingerprint density at radius 1 is 1.29 bits per heavy atom. The average Bonchev–Trinajstić information content (AvgIpc) is 2.68. The van der Waals surface area contributed by atoms with Gasteiger partial charge in [-0.05, 0) is 31.2 Å². The van der Waals surface area contributed by atoms with E-state index in [9.17, 15) is 0 Å². The zero-order chi connectivity index (χ0) is 9.80. The largest absolute Gasteiger partial charge is 0.0850 e. The van der Waals surface area contributed by atoms with Gasteiger partial charge in [-0.3, -0.25) is 0 Å². The molecule has 0 aliphatic heterocycles. The highest BCUT2D eigenvalue weighted by atomic mass is 14.3. The van der Waals surface area contributed by atoms with Gasteiger partial charge in [0.2, 0.25) is 0 Å². The molecule has 1 aliphatic carbocycles. The summed E-state index contributed by atoms with van der Waals surface area (Å²) < 4.78 is 0. The molecule has 1 saturated carbocycles. The summed E-state index contributed by atoms with van der Waals surface area (Å²) in [5, 5.41) is 0. The molecule has 1 aliphatic rings. The van der Waals surface area contributed by atoms with Gasteiger partial charge in [-0.2, -0.15) is 0 Å². The molecule has 1 atom stereocenters. The Morgan fingerprint density at radius 2 is 2.07 bits per heavy atom. The Kier molecular flexibility index (Phi) is 3.03. The van der Waals surface area contributed by atoms with Crippen molar-refractivity contribution in [2.45, 2.75) is 38.5 Å². The Labute approximate surface area is 86.7 Å². The highest BCUT2D eigenvalue weighted by molar-refractivity contribution is 5.31. The Bertz CT molecular complexity index is 308. The summed E-state index contributed by atoms with van der Waals surface area (Å²) in [7, 11) is 0. The lowest BCUT2D eigenvalue weighted by atomic mass is 9.93. The van der Waals surface area contributed by atoms with Gasteiger partial charge in [-0.15, -0.1) is 0 Å². The zero-order valence-electron chi connectivity index (χ0n) is 8.87. The molecular weight excluding hydrogens is 168 g/mol. The second-order valence-corrected chi connectivity index (χ2v) is 4.04. The Morgan fingerprint density at radius 3 is 2.79 bits per heavy atom. The van der Waals surface area contributed by atoms with Crippen molar-refractivity contribution in [3.63, 3.8) is 0 Å². The molecule has 0 heteroatoms. The van der Waals surface area contributed by atoms with Crippen LogP contribution in [0.3, 0.4) is 0 Å².